The van der Waals surface area contributed by atoms with Crippen molar-refractivity contribution in [1.82, 2.24) is 44.9 Å². The summed E-state index contributed by atoms with van der Waals surface area (Å²) in [5.41, 5.74) is 3.37. The van der Waals surface area contributed by atoms with Crippen molar-refractivity contribution >= 4 is 0 Å². The van der Waals surface area contributed by atoms with Gasteiger partial charge in [0.25, 0.3) is 0 Å². The fourth-order valence-corrected chi connectivity index (χ4v) is 4.62. The SMILES string of the molecule is CC(C)c1nc(-c2ccccc2)nc(-c2cc(-c3nc(C(C)C)nc(C(C)C)n3)cc(-c3nc(C(C)C)nc(C(C)C)n3)c2)n1. The summed E-state index contributed by atoms with van der Waals surface area (Å²) in [5, 5.41) is 0. The minimum Gasteiger partial charge on any atom is -0.217 e. The molecule has 0 saturated heterocycles. The standard InChI is InChI=1S/C36H43N9/c1-19(2)28-37-29(20(3)4)41-34(40-28)25-16-26(35-42-30(21(5)6)38-31(43-35)22(7)8)18-27(17-25)36-44-32(23(9)10)39-33(45-36)24-14-12-11-13-15-24/h11-23H,1-10H3. The molecule has 3 aromatic heterocycles. The normalized spacial score (nSPS) is 11.9. The van der Waals surface area contributed by atoms with Crippen molar-refractivity contribution in [3.8, 4) is 45.6 Å². The number of benzene rings is 2. The summed E-state index contributed by atoms with van der Waals surface area (Å²) < 4.78 is 0. The van der Waals surface area contributed by atoms with Crippen LogP contribution in [-0.4, -0.2) is 44.9 Å². The first-order valence-corrected chi connectivity index (χ1v) is 15.9. The smallest absolute Gasteiger partial charge is 0.163 e. The van der Waals surface area contributed by atoms with Crippen molar-refractivity contribution < 1.29 is 0 Å². The lowest BCUT2D eigenvalue weighted by Crippen LogP contribution is -2.09. The Kier molecular flexibility index (Phi) is 9.37. The van der Waals surface area contributed by atoms with Gasteiger partial charge in [-0.1, -0.05) is 99.6 Å². The van der Waals surface area contributed by atoms with E-state index >= 15 is 0 Å². The van der Waals surface area contributed by atoms with Crippen LogP contribution < -0.4 is 0 Å². The molecular weight excluding hydrogens is 558 g/mol. The van der Waals surface area contributed by atoms with Crippen molar-refractivity contribution in [2.75, 3.05) is 0 Å². The average molecular weight is 602 g/mol. The summed E-state index contributed by atoms with van der Waals surface area (Å²) >= 11 is 0. The Morgan fingerprint density at radius 1 is 0.311 bits per heavy atom. The van der Waals surface area contributed by atoms with Crippen molar-refractivity contribution in [2.24, 2.45) is 0 Å². The van der Waals surface area contributed by atoms with E-state index in [2.05, 4.69) is 87.4 Å². The van der Waals surface area contributed by atoms with Crippen molar-refractivity contribution in [3.63, 3.8) is 0 Å². The molecule has 9 heteroatoms. The van der Waals surface area contributed by atoms with Gasteiger partial charge in [-0.05, 0) is 18.2 Å². The Balaban J connectivity index is 1.81. The fraction of sp³-hybridized carbons (Fsp3) is 0.417. The van der Waals surface area contributed by atoms with Gasteiger partial charge in [0.05, 0.1) is 0 Å². The van der Waals surface area contributed by atoms with E-state index in [9.17, 15) is 0 Å². The molecule has 0 N–H and O–H groups in total. The zero-order valence-corrected chi connectivity index (χ0v) is 28.0. The van der Waals surface area contributed by atoms with Gasteiger partial charge in [-0.2, -0.15) is 0 Å². The molecule has 0 unspecified atom stereocenters. The van der Waals surface area contributed by atoms with Crippen LogP contribution in [0.3, 0.4) is 0 Å². The molecule has 9 nitrogen and oxygen atoms in total. The van der Waals surface area contributed by atoms with Crippen LogP contribution in [0.25, 0.3) is 45.6 Å². The predicted molar refractivity (Wildman–Crippen MR) is 179 cm³/mol. The van der Waals surface area contributed by atoms with Crippen LogP contribution >= 0.6 is 0 Å². The van der Waals surface area contributed by atoms with Crippen LogP contribution in [-0.2, 0) is 0 Å². The highest BCUT2D eigenvalue weighted by molar-refractivity contribution is 5.75. The summed E-state index contributed by atoms with van der Waals surface area (Å²) in [6.07, 6.45) is 0. The first-order valence-electron chi connectivity index (χ1n) is 15.9. The van der Waals surface area contributed by atoms with Crippen LogP contribution in [0.5, 0.6) is 0 Å². The van der Waals surface area contributed by atoms with Crippen LogP contribution in [0.1, 0.15) is 128 Å². The first kappa shape index (κ1) is 31.9. The molecule has 5 rings (SSSR count). The van der Waals surface area contributed by atoms with Gasteiger partial charge in [0.15, 0.2) is 23.3 Å². The maximum Gasteiger partial charge on any atom is 0.163 e. The van der Waals surface area contributed by atoms with Crippen LogP contribution in [0, 0.1) is 0 Å². The molecule has 0 spiro atoms. The molecule has 0 atom stereocenters. The highest BCUT2D eigenvalue weighted by Gasteiger charge is 2.20. The lowest BCUT2D eigenvalue weighted by atomic mass is 10.0. The second kappa shape index (κ2) is 13.2. The zero-order chi connectivity index (χ0) is 32.4. The summed E-state index contributed by atoms with van der Waals surface area (Å²) in [5.74, 6) is 6.83. The minimum atomic E-state index is 0.105. The molecule has 0 aliphatic carbocycles. The Bertz CT molecular complexity index is 1660. The third kappa shape index (κ3) is 7.24. The summed E-state index contributed by atoms with van der Waals surface area (Å²) in [4.78, 5) is 44.0. The van der Waals surface area contributed by atoms with Gasteiger partial charge < -0.3 is 0 Å². The molecule has 0 radical (unpaired) electrons. The number of aromatic nitrogens is 9. The predicted octanol–water partition coefficient (Wildman–Crippen LogP) is 8.53. The van der Waals surface area contributed by atoms with E-state index in [4.69, 9.17) is 44.9 Å². The van der Waals surface area contributed by atoms with Crippen LogP contribution in [0.2, 0.25) is 0 Å². The van der Waals surface area contributed by atoms with Gasteiger partial charge in [0, 0.05) is 51.8 Å². The summed E-state index contributed by atoms with van der Waals surface area (Å²) in [7, 11) is 0. The van der Waals surface area contributed by atoms with Crippen molar-refractivity contribution in [3.05, 3.63) is 77.7 Å². The highest BCUT2D eigenvalue weighted by atomic mass is 15.1. The molecule has 0 aliphatic rings. The maximum atomic E-state index is 4.98. The Morgan fingerprint density at radius 3 is 0.889 bits per heavy atom. The van der Waals surface area contributed by atoms with E-state index in [1.165, 1.54) is 0 Å². The van der Waals surface area contributed by atoms with Gasteiger partial charge >= 0.3 is 0 Å². The largest absolute Gasteiger partial charge is 0.217 e. The van der Waals surface area contributed by atoms with Gasteiger partial charge in [-0.25, -0.2) is 44.9 Å². The molecular formula is C36H43N9. The monoisotopic (exact) mass is 601 g/mol. The first-order chi connectivity index (χ1) is 21.4. The Hall–Kier alpha value is -4.53. The van der Waals surface area contributed by atoms with Gasteiger partial charge in [0.1, 0.15) is 29.1 Å². The molecule has 3 heterocycles. The zero-order valence-electron chi connectivity index (χ0n) is 28.0. The molecule has 0 aliphatic heterocycles. The quantitative estimate of drug-likeness (QED) is 0.164. The molecule has 0 bridgehead atoms. The van der Waals surface area contributed by atoms with E-state index in [0.29, 0.717) is 23.3 Å². The topological polar surface area (TPSA) is 116 Å². The lowest BCUT2D eigenvalue weighted by molar-refractivity contribution is 0.696. The Labute approximate surface area is 266 Å². The molecule has 45 heavy (non-hydrogen) atoms. The van der Waals surface area contributed by atoms with E-state index in [1.807, 2.05) is 30.3 Å². The van der Waals surface area contributed by atoms with Gasteiger partial charge in [0.2, 0.25) is 0 Å². The molecule has 0 saturated carbocycles. The third-order valence-electron chi connectivity index (χ3n) is 7.31. The van der Waals surface area contributed by atoms with Crippen molar-refractivity contribution in [2.45, 2.75) is 98.8 Å². The van der Waals surface area contributed by atoms with E-state index < -0.39 is 0 Å². The lowest BCUT2D eigenvalue weighted by Gasteiger charge is -2.15. The maximum absolute atomic E-state index is 4.98. The number of hydrogen-bond acceptors (Lipinski definition) is 9. The second-order valence-electron chi connectivity index (χ2n) is 13.0. The number of hydrogen-bond donors (Lipinski definition) is 0. The van der Waals surface area contributed by atoms with Crippen LogP contribution in [0.15, 0.2) is 48.5 Å². The number of rotatable bonds is 9. The van der Waals surface area contributed by atoms with Gasteiger partial charge in [-0.3, -0.25) is 0 Å². The Morgan fingerprint density at radius 2 is 0.578 bits per heavy atom. The fourth-order valence-electron chi connectivity index (χ4n) is 4.62. The number of nitrogens with zero attached hydrogens (tertiary/aromatic N) is 9. The second-order valence-corrected chi connectivity index (χ2v) is 13.0. The summed E-state index contributed by atoms with van der Waals surface area (Å²) in [6, 6.07) is 16.2. The highest BCUT2D eigenvalue weighted by Crippen LogP contribution is 2.32. The minimum absolute atomic E-state index is 0.105. The van der Waals surface area contributed by atoms with Crippen molar-refractivity contribution in [1.29, 1.82) is 0 Å². The third-order valence-corrected chi connectivity index (χ3v) is 7.31. The summed E-state index contributed by atoms with van der Waals surface area (Å²) in [6.45, 7) is 21.0. The molecule has 0 fully saturated rings. The van der Waals surface area contributed by atoms with Gasteiger partial charge in [-0.15, -0.1) is 0 Å². The van der Waals surface area contributed by atoms with E-state index in [1.54, 1.807) is 0 Å². The average Bonchev–Trinajstić information content (AvgIpc) is 3.04. The molecule has 0 amide bonds. The van der Waals surface area contributed by atoms with Crippen LogP contribution in [0.4, 0.5) is 0 Å². The van der Waals surface area contributed by atoms with E-state index in [0.717, 1.165) is 51.4 Å². The molecule has 5 aromatic rings. The molecule has 2 aromatic carbocycles. The molecule has 232 valence electrons. The van der Waals surface area contributed by atoms with E-state index in [-0.39, 0.29) is 29.6 Å².